The first kappa shape index (κ1) is 36.2. The van der Waals surface area contributed by atoms with Crippen LogP contribution in [0, 0.1) is 0 Å². The first-order chi connectivity index (χ1) is 17.9. The largest absolute Gasteiger partial charge is 1.00 e. The maximum Gasteiger partial charge on any atom is 0.165 e. The van der Waals surface area contributed by atoms with Crippen LogP contribution in [0.5, 0.6) is 0 Å². The fraction of sp³-hybridized carbons (Fsp3) is 0.833. The summed E-state index contributed by atoms with van der Waals surface area (Å²) in [4.78, 5) is 12.4. The average molecular weight is 539 g/mol. The van der Waals surface area contributed by atoms with Gasteiger partial charge in [-0.1, -0.05) is 86.0 Å². The van der Waals surface area contributed by atoms with Gasteiger partial charge in [0.25, 0.3) is 0 Å². The van der Waals surface area contributed by atoms with E-state index in [1.54, 1.807) is 6.33 Å². The molecule has 0 aliphatic rings. The van der Waals surface area contributed by atoms with E-state index in [4.69, 9.17) is 5.73 Å². The molecule has 7 nitrogen and oxygen atoms in total. The molecule has 0 amide bonds. The highest BCUT2D eigenvalue weighted by Crippen LogP contribution is 2.23. The Morgan fingerprint density at radius 3 is 1.74 bits per heavy atom. The molecule has 0 aliphatic carbocycles. The standard InChI is InChI=1S/C16H36N.C14H23N5O.FH/c1-5-9-13-17(14-10-6-2,15-11-7-3)16-12-8-4;1-3-4-5-6-7-11(20)10(2)19-9-18-12-13(15)16-8-17-14(12)19;/h5-16H2,1-4H3;8-11,20H,3-7H2,1-2H3,(H2,15,16,17);1H/q+1;;/p-1/t;10-,11+;/m.0./s1. The third kappa shape index (κ3) is 12.4. The lowest BCUT2D eigenvalue weighted by Gasteiger charge is -2.39. The maximum absolute atomic E-state index is 10.3. The summed E-state index contributed by atoms with van der Waals surface area (Å²) in [7, 11) is 0. The van der Waals surface area contributed by atoms with Gasteiger partial charge in [0.1, 0.15) is 11.8 Å². The Morgan fingerprint density at radius 1 is 0.763 bits per heavy atom. The van der Waals surface area contributed by atoms with E-state index >= 15 is 0 Å². The summed E-state index contributed by atoms with van der Waals surface area (Å²) in [6, 6.07) is -0.0732. The summed E-state index contributed by atoms with van der Waals surface area (Å²) in [6.45, 7) is 19.2. The van der Waals surface area contributed by atoms with Gasteiger partial charge in [0.15, 0.2) is 11.5 Å². The van der Waals surface area contributed by atoms with Crippen LogP contribution in [0.3, 0.4) is 0 Å². The van der Waals surface area contributed by atoms with Gasteiger partial charge in [-0.25, -0.2) is 15.0 Å². The van der Waals surface area contributed by atoms with E-state index < -0.39 is 6.10 Å². The molecule has 38 heavy (non-hydrogen) atoms. The lowest BCUT2D eigenvalue weighted by atomic mass is 10.0. The van der Waals surface area contributed by atoms with Gasteiger partial charge >= 0.3 is 0 Å². The smallest absolute Gasteiger partial charge is 0.165 e. The van der Waals surface area contributed by atoms with Crippen molar-refractivity contribution in [3.8, 4) is 0 Å². The first-order valence-corrected chi connectivity index (χ1v) is 15.4. The van der Waals surface area contributed by atoms with E-state index in [0.29, 0.717) is 17.0 Å². The molecule has 0 aliphatic heterocycles. The van der Waals surface area contributed by atoms with Gasteiger partial charge < -0.3 is 24.6 Å². The molecule has 0 fully saturated rings. The summed E-state index contributed by atoms with van der Waals surface area (Å²) < 4.78 is 3.29. The monoisotopic (exact) mass is 538 g/mol. The van der Waals surface area contributed by atoms with E-state index in [1.807, 2.05) is 11.5 Å². The molecule has 2 aromatic rings. The normalized spacial score (nSPS) is 13.0. The Hall–Kier alpha value is -1.80. The topological polar surface area (TPSA) is 89.8 Å². The zero-order valence-corrected chi connectivity index (χ0v) is 25.5. The highest BCUT2D eigenvalue weighted by molar-refractivity contribution is 5.81. The number of hydrogen-bond acceptors (Lipinski definition) is 5. The van der Waals surface area contributed by atoms with E-state index in [2.05, 4.69) is 49.6 Å². The Morgan fingerprint density at radius 2 is 1.26 bits per heavy atom. The number of rotatable bonds is 19. The summed E-state index contributed by atoms with van der Waals surface area (Å²) in [6.07, 6.45) is 19.2. The number of anilines is 1. The van der Waals surface area contributed by atoms with Crippen LogP contribution >= 0.6 is 0 Å². The molecule has 0 radical (unpaired) electrons. The van der Waals surface area contributed by atoms with Crippen molar-refractivity contribution in [2.45, 2.75) is 137 Å². The van der Waals surface area contributed by atoms with Crippen LogP contribution in [0.2, 0.25) is 0 Å². The van der Waals surface area contributed by atoms with Gasteiger partial charge in [0, 0.05) is 0 Å². The van der Waals surface area contributed by atoms with Crippen molar-refractivity contribution in [2.24, 2.45) is 0 Å². The van der Waals surface area contributed by atoms with Gasteiger partial charge in [0.2, 0.25) is 0 Å². The minimum absolute atomic E-state index is 0. The predicted octanol–water partition coefficient (Wildman–Crippen LogP) is 4.31. The third-order valence-corrected chi connectivity index (χ3v) is 7.68. The molecule has 0 aromatic carbocycles. The Balaban J connectivity index is 0.000000714. The molecule has 222 valence electrons. The SMILES string of the molecule is CCCCCC[C@@H](O)[C@H](C)n1cnc2c(N)ncnc21.CCCC[N+](CCCC)(CCCC)CCCC.[F-]. The van der Waals surface area contributed by atoms with Gasteiger partial charge in [-0.05, 0) is 39.0 Å². The molecular weight excluding hydrogens is 479 g/mol. The van der Waals surface area contributed by atoms with E-state index in [0.717, 1.165) is 12.8 Å². The quantitative estimate of drug-likeness (QED) is 0.206. The highest BCUT2D eigenvalue weighted by atomic mass is 19.0. The lowest BCUT2D eigenvalue weighted by Crippen LogP contribution is -3.00. The summed E-state index contributed by atoms with van der Waals surface area (Å²) in [5.41, 5.74) is 7.04. The number of quaternary nitrogens is 1. The molecule has 0 unspecified atom stereocenters. The number of nitrogens with zero attached hydrogens (tertiary/aromatic N) is 5. The van der Waals surface area contributed by atoms with E-state index in [9.17, 15) is 5.11 Å². The van der Waals surface area contributed by atoms with Crippen molar-refractivity contribution in [3.05, 3.63) is 12.7 Å². The van der Waals surface area contributed by atoms with Gasteiger partial charge in [-0.15, -0.1) is 0 Å². The first-order valence-electron chi connectivity index (χ1n) is 15.4. The van der Waals surface area contributed by atoms with E-state index in [1.165, 1.54) is 108 Å². The van der Waals surface area contributed by atoms with Gasteiger partial charge in [-0.2, -0.15) is 0 Å². The second kappa shape index (κ2) is 21.1. The second-order valence-electron chi connectivity index (χ2n) is 10.9. The van der Waals surface area contributed by atoms with Crippen LogP contribution in [-0.2, 0) is 0 Å². The van der Waals surface area contributed by atoms with Crippen LogP contribution in [0.25, 0.3) is 11.2 Å². The van der Waals surface area contributed by atoms with Crippen LogP contribution in [0.4, 0.5) is 5.82 Å². The van der Waals surface area contributed by atoms with Crippen LogP contribution in [-0.4, -0.2) is 61.4 Å². The Bertz CT molecular complexity index is 793. The number of fused-ring (bicyclic) bond motifs is 1. The summed E-state index contributed by atoms with van der Waals surface area (Å²) >= 11 is 0. The fourth-order valence-corrected chi connectivity index (χ4v) is 5.02. The van der Waals surface area contributed by atoms with Crippen molar-refractivity contribution in [3.63, 3.8) is 0 Å². The molecule has 2 heterocycles. The minimum atomic E-state index is -0.402. The van der Waals surface area contributed by atoms with Crippen LogP contribution in [0.15, 0.2) is 12.7 Å². The molecule has 0 saturated heterocycles. The van der Waals surface area contributed by atoms with Crippen molar-refractivity contribution >= 4 is 17.0 Å². The molecule has 2 atom stereocenters. The second-order valence-corrected chi connectivity index (χ2v) is 10.9. The molecular formula is C30H59FN6O. The summed E-state index contributed by atoms with van der Waals surface area (Å²) in [5, 5.41) is 10.3. The van der Waals surface area contributed by atoms with Crippen LogP contribution in [0.1, 0.15) is 131 Å². The number of imidazole rings is 1. The van der Waals surface area contributed by atoms with Gasteiger partial charge in [0.05, 0.1) is 44.7 Å². The lowest BCUT2D eigenvalue weighted by molar-refractivity contribution is -0.929. The summed E-state index contributed by atoms with van der Waals surface area (Å²) in [5.74, 6) is 0.374. The van der Waals surface area contributed by atoms with Crippen molar-refractivity contribution in [1.29, 1.82) is 0 Å². The van der Waals surface area contributed by atoms with Crippen molar-refractivity contribution < 1.29 is 14.3 Å². The van der Waals surface area contributed by atoms with Gasteiger partial charge in [-0.3, -0.25) is 0 Å². The Labute approximate surface area is 232 Å². The zero-order valence-electron chi connectivity index (χ0n) is 25.5. The number of nitrogen functional groups attached to an aromatic ring is 1. The minimum Gasteiger partial charge on any atom is -1.00 e. The highest BCUT2D eigenvalue weighted by Gasteiger charge is 2.24. The third-order valence-electron chi connectivity index (χ3n) is 7.68. The predicted molar refractivity (Wildman–Crippen MR) is 159 cm³/mol. The maximum atomic E-state index is 10.3. The molecule has 2 aromatic heterocycles. The number of nitrogens with two attached hydrogens (primary N) is 1. The Kier molecular flexibility index (Phi) is 20.1. The number of unbranched alkanes of at least 4 members (excludes halogenated alkanes) is 7. The molecule has 8 heteroatoms. The van der Waals surface area contributed by atoms with Crippen LogP contribution < -0.4 is 10.4 Å². The number of halogens is 1. The number of aliphatic hydroxyl groups excluding tert-OH is 1. The average Bonchev–Trinajstić information content (AvgIpc) is 3.35. The molecule has 3 N–H and O–H groups in total. The molecule has 0 spiro atoms. The molecule has 0 saturated carbocycles. The number of aliphatic hydroxyl groups is 1. The van der Waals surface area contributed by atoms with Crippen molar-refractivity contribution in [2.75, 3.05) is 31.9 Å². The molecule has 0 bridgehead atoms. The van der Waals surface area contributed by atoms with E-state index in [-0.39, 0.29) is 10.7 Å². The number of aromatic nitrogens is 4. The van der Waals surface area contributed by atoms with Crippen molar-refractivity contribution in [1.82, 2.24) is 19.5 Å². The zero-order chi connectivity index (χ0) is 27.5. The molecule has 2 rings (SSSR count). The fourth-order valence-electron chi connectivity index (χ4n) is 5.02. The number of hydrogen-bond donors (Lipinski definition) is 2.